The summed E-state index contributed by atoms with van der Waals surface area (Å²) >= 11 is 5.88. The molecule has 3 aromatic rings. The van der Waals surface area contributed by atoms with Crippen molar-refractivity contribution in [2.24, 2.45) is 5.73 Å². The van der Waals surface area contributed by atoms with E-state index in [4.69, 9.17) is 22.1 Å². The number of nitrogens with zero attached hydrogens (tertiary/aromatic N) is 2. The van der Waals surface area contributed by atoms with Gasteiger partial charge in [-0.2, -0.15) is 5.10 Å². The standard InChI is InChI=1S/C16H15ClN4O/c1-22-13-4-2-3-11(9-13)14(18)16-19-15(20-21-16)10-5-7-12(17)8-6-10/h2-9,14H,18H2,1H3,(H,19,20,21). The number of methoxy groups -OCH3 is 1. The van der Waals surface area contributed by atoms with E-state index in [1.165, 1.54) is 0 Å². The monoisotopic (exact) mass is 314 g/mol. The minimum atomic E-state index is -0.399. The Labute approximate surface area is 133 Å². The van der Waals surface area contributed by atoms with Crippen LogP contribution in [0.2, 0.25) is 5.02 Å². The van der Waals surface area contributed by atoms with E-state index in [2.05, 4.69) is 15.2 Å². The Balaban J connectivity index is 1.87. The van der Waals surface area contributed by atoms with Crippen LogP contribution in [-0.2, 0) is 0 Å². The smallest absolute Gasteiger partial charge is 0.181 e. The van der Waals surface area contributed by atoms with Crippen LogP contribution < -0.4 is 10.5 Å². The van der Waals surface area contributed by atoms with Gasteiger partial charge in [0.15, 0.2) is 5.82 Å². The fraction of sp³-hybridized carbons (Fsp3) is 0.125. The molecule has 0 aliphatic carbocycles. The summed E-state index contributed by atoms with van der Waals surface area (Å²) in [6, 6.07) is 14.5. The van der Waals surface area contributed by atoms with Crippen molar-refractivity contribution >= 4 is 11.6 Å². The van der Waals surface area contributed by atoms with E-state index < -0.39 is 6.04 Å². The quantitative estimate of drug-likeness (QED) is 0.775. The number of halogens is 1. The number of benzene rings is 2. The third-order valence-corrected chi connectivity index (χ3v) is 3.60. The van der Waals surface area contributed by atoms with Crippen LogP contribution in [0.1, 0.15) is 17.4 Å². The molecule has 0 saturated heterocycles. The lowest BCUT2D eigenvalue weighted by molar-refractivity contribution is 0.414. The highest BCUT2D eigenvalue weighted by Crippen LogP contribution is 2.23. The number of H-pyrrole nitrogens is 1. The molecule has 0 aliphatic rings. The highest BCUT2D eigenvalue weighted by molar-refractivity contribution is 6.30. The first kappa shape index (κ1) is 14.6. The second-order valence-corrected chi connectivity index (χ2v) is 5.24. The molecule has 3 rings (SSSR count). The van der Waals surface area contributed by atoms with E-state index >= 15 is 0 Å². The number of hydrogen-bond acceptors (Lipinski definition) is 4. The third-order valence-electron chi connectivity index (χ3n) is 3.35. The zero-order valence-electron chi connectivity index (χ0n) is 12.0. The van der Waals surface area contributed by atoms with Gasteiger partial charge in [0.1, 0.15) is 11.6 Å². The van der Waals surface area contributed by atoms with Gasteiger partial charge in [0.25, 0.3) is 0 Å². The van der Waals surface area contributed by atoms with Gasteiger partial charge in [-0.25, -0.2) is 4.98 Å². The summed E-state index contributed by atoms with van der Waals surface area (Å²) < 4.78 is 5.21. The number of aromatic amines is 1. The molecule has 0 saturated carbocycles. The van der Waals surface area contributed by atoms with E-state index in [1.807, 2.05) is 36.4 Å². The summed E-state index contributed by atoms with van der Waals surface area (Å²) in [5, 5.41) is 7.78. The molecule has 112 valence electrons. The molecule has 3 N–H and O–H groups in total. The van der Waals surface area contributed by atoms with Crippen LogP contribution in [0.5, 0.6) is 5.75 Å². The minimum Gasteiger partial charge on any atom is -0.497 e. The second kappa shape index (κ2) is 6.17. The molecule has 0 amide bonds. The zero-order valence-corrected chi connectivity index (χ0v) is 12.7. The summed E-state index contributed by atoms with van der Waals surface area (Å²) in [5.41, 5.74) is 8.03. The van der Waals surface area contributed by atoms with Crippen molar-refractivity contribution in [3.8, 4) is 17.1 Å². The van der Waals surface area contributed by atoms with Gasteiger partial charge < -0.3 is 10.5 Å². The van der Waals surface area contributed by atoms with Crippen molar-refractivity contribution in [1.29, 1.82) is 0 Å². The Morgan fingerprint density at radius 3 is 2.68 bits per heavy atom. The summed E-state index contributed by atoms with van der Waals surface area (Å²) in [6.45, 7) is 0. The van der Waals surface area contributed by atoms with E-state index in [1.54, 1.807) is 19.2 Å². The van der Waals surface area contributed by atoms with Gasteiger partial charge in [0, 0.05) is 10.6 Å². The zero-order chi connectivity index (χ0) is 15.5. The Morgan fingerprint density at radius 2 is 1.95 bits per heavy atom. The normalized spacial score (nSPS) is 12.1. The maximum atomic E-state index is 6.25. The summed E-state index contributed by atoms with van der Waals surface area (Å²) in [6.07, 6.45) is 0. The number of ether oxygens (including phenoxy) is 1. The van der Waals surface area contributed by atoms with Crippen LogP contribution in [0.3, 0.4) is 0 Å². The molecule has 0 aliphatic heterocycles. The lowest BCUT2D eigenvalue weighted by Crippen LogP contribution is -2.13. The van der Waals surface area contributed by atoms with Gasteiger partial charge in [0.05, 0.1) is 13.2 Å². The molecular weight excluding hydrogens is 300 g/mol. The number of nitrogens with two attached hydrogens (primary N) is 1. The fourth-order valence-electron chi connectivity index (χ4n) is 2.13. The molecule has 0 fully saturated rings. The first-order valence-corrected chi connectivity index (χ1v) is 7.13. The van der Waals surface area contributed by atoms with Crippen molar-refractivity contribution in [1.82, 2.24) is 15.2 Å². The molecule has 1 aromatic heterocycles. The van der Waals surface area contributed by atoms with Crippen LogP contribution in [0.4, 0.5) is 0 Å². The summed E-state index contributed by atoms with van der Waals surface area (Å²) in [4.78, 5) is 4.47. The highest BCUT2D eigenvalue weighted by atomic mass is 35.5. The van der Waals surface area contributed by atoms with Crippen molar-refractivity contribution in [3.05, 3.63) is 64.9 Å². The van der Waals surface area contributed by atoms with Gasteiger partial charge in [-0.3, -0.25) is 5.10 Å². The van der Waals surface area contributed by atoms with Crippen LogP contribution in [-0.4, -0.2) is 22.3 Å². The number of nitrogens with one attached hydrogen (secondary N) is 1. The summed E-state index contributed by atoms with van der Waals surface area (Å²) in [7, 11) is 1.62. The SMILES string of the molecule is COc1cccc(C(N)c2nc(-c3ccc(Cl)cc3)n[nH]2)c1. The largest absolute Gasteiger partial charge is 0.497 e. The lowest BCUT2D eigenvalue weighted by atomic mass is 10.1. The molecule has 0 radical (unpaired) electrons. The molecule has 2 aromatic carbocycles. The predicted octanol–water partition coefficient (Wildman–Crippen LogP) is 3.18. The first-order valence-electron chi connectivity index (χ1n) is 6.75. The van der Waals surface area contributed by atoms with Crippen molar-refractivity contribution in [2.45, 2.75) is 6.04 Å². The van der Waals surface area contributed by atoms with E-state index in [-0.39, 0.29) is 0 Å². The Hall–Kier alpha value is -2.37. The van der Waals surface area contributed by atoms with Crippen LogP contribution in [0, 0.1) is 0 Å². The second-order valence-electron chi connectivity index (χ2n) is 4.81. The lowest BCUT2D eigenvalue weighted by Gasteiger charge is -2.09. The molecule has 22 heavy (non-hydrogen) atoms. The summed E-state index contributed by atoms with van der Waals surface area (Å²) in [5.74, 6) is 1.94. The Bertz CT molecular complexity index is 770. The number of rotatable bonds is 4. The van der Waals surface area contributed by atoms with Gasteiger partial charge in [-0.05, 0) is 42.0 Å². The highest BCUT2D eigenvalue weighted by Gasteiger charge is 2.15. The number of hydrogen-bond donors (Lipinski definition) is 2. The molecule has 0 bridgehead atoms. The first-order chi connectivity index (χ1) is 10.7. The fourth-order valence-corrected chi connectivity index (χ4v) is 2.26. The van der Waals surface area contributed by atoms with Gasteiger partial charge in [0.2, 0.25) is 0 Å². The topological polar surface area (TPSA) is 76.8 Å². The molecule has 0 spiro atoms. The molecule has 1 unspecified atom stereocenters. The van der Waals surface area contributed by atoms with Crippen molar-refractivity contribution in [2.75, 3.05) is 7.11 Å². The Morgan fingerprint density at radius 1 is 1.18 bits per heavy atom. The van der Waals surface area contributed by atoms with Crippen molar-refractivity contribution in [3.63, 3.8) is 0 Å². The average molecular weight is 315 g/mol. The molecule has 1 heterocycles. The van der Waals surface area contributed by atoms with Gasteiger partial charge in [-0.1, -0.05) is 23.7 Å². The molecular formula is C16H15ClN4O. The number of aromatic nitrogens is 3. The van der Waals surface area contributed by atoms with Crippen LogP contribution >= 0.6 is 11.6 Å². The molecule has 1 atom stereocenters. The van der Waals surface area contributed by atoms with Gasteiger partial charge in [-0.15, -0.1) is 0 Å². The van der Waals surface area contributed by atoms with Crippen LogP contribution in [0.15, 0.2) is 48.5 Å². The third kappa shape index (κ3) is 2.95. The van der Waals surface area contributed by atoms with E-state index in [0.29, 0.717) is 16.7 Å². The Kier molecular flexibility index (Phi) is 4.09. The average Bonchev–Trinajstić information content (AvgIpc) is 3.05. The minimum absolute atomic E-state index is 0.399. The maximum absolute atomic E-state index is 6.25. The predicted molar refractivity (Wildman–Crippen MR) is 85.9 cm³/mol. The van der Waals surface area contributed by atoms with Crippen molar-refractivity contribution < 1.29 is 4.74 Å². The molecule has 6 heteroatoms. The van der Waals surface area contributed by atoms with E-state index in [9.17, 15) is 0 Å². The van der Waals surface area contributed by atoms with E-state index in [0.717, 1.165) is 16.9 Å². The molecule has 5 nitrogen and oxygen atoms in total. The maximum Gasteiger partial charge on any atom is 0.181 e. The van der Waals surface area contributed by atoms with Crippen LogP contribution in [0.25, 0.3) is 11.4 Å². The van der Waals surface area contributed by atoms with Gasteiger partial charge >= 0.3 is 0 Å².